The molecule has 3 rings (SSSR count). The van der Waals surface area contributed by atoms with Crippen molar-refractivity contribution in [2.45, 2.75) is 76.9 Å². The highest BCUT2D eigenvalue weighted by Gasteiger charge is 2.39. The summed E-state index contributed by atoms with van der Waals surface area (Å²) in [6.45, 7) is 5.60. The molecular formula is C23H35F3N2O. The maximum atomic E-state index is 12.9. The predicted molar refractivity (Wildman–Crippen MR) is 112 cm³/mol. The van der Waals surface area contributed by atoms with E-state index in [4.69, 9.17) is 10.5 Å². The number of ether oxygens (including phenoxy) is 1. The minimum absolute atomic E-state index is 0.277. The summed E-state index contributed by atoms with van der Waals surface area (Å²) in [6.07, 6.45) is 1.76. The maximum Gasteiger partial charge on any atom is 0.389 e. The van der Waals surface area contributed by atoms with Crippen LogP contribution in [0.1, 0.15) is 70.3 Å². The second kappa shape index (κ2) is 9.59. The molecule has 0 radical (unpaired) electrons. The van der Waals surface area contributed by atoms with Crippen LogP contribution < -0.4 is 10.6 Å². The Labute approximate surface area is 172 Å². The second-order valence-corrected chi connectivity index (χ2v) is 8.95. The molecule has 0 aromatic heterocycles. The van der Waals surface area contributed by atoms with E-state index in [9.17, 15) is 13.2 Å². The third-order valence-corrected chi connectivity index (χ3v) is 6.35. The van der Waals surface area contributed by atoms with Gasteiger partial charge < -0.3 is 15.4 Å². The predicted octanol–water partition coefficient (Wildman–Crippen LogP) is 6.14. The number of halogens is 3. The lowest BCUT2D eigenvalue weighted by Crippen LogP contribution is -2.41. The average molecular weight is 413 g/mol. The van der Waals surface area contributed by atoms with E-state index in [1.54, 1.807) is 6.92 Å². The molecule has 3 nitrogen and oxygen atoms in total. The van der Waals surface area contributed by atoms with E-state index in [1.807, 2.05) is 19.1 Å². The zero-order valence-electron chi connectivity index (χ0n) is 17.7. The molecule has 0 spiro atoms. The zero-order chi connectivity index (χ0) is 21.0. The molecule has 0 heterocycles. The standard InChI is InChI=1S/C23H35F3N2O/c1-3-29-15-18-11-20(18)17-9-10-22(21(27)12-17)28(19-7-5-4-6-8-19)14-16(2)13-23(24,25)26/h9-10,12,16,18-20H,3-8,11,13-15,27H2,1-2H3. The molecule has 3 unspecified atom stereocenters. The number of benzene rings is 1. The summed E-state index contributed by atoms with van der Waals surface area (Å²) in [5.41, 5.74) is 9.26. The quantitative estimate of drug-likeness (QED) is 0.495. The van der Waals surface area contributed by atoms with Crippen molar-refractivity contribution < 1.29 is 17.9 Å². The van der Waals surface area contributed by atoms with Crippen LogP contribution in [-0.2, 0) is 4.74 Å². The van der Waals surface area contributed by atoms with Gasteiger partial charge >= 0.3 is 6.18 Å². The van der Waals surface area contributed by atoms with Gasteiger partial charge in [0.1, 0.15) is 0 Å². The molecule has 2 N–H and O–H groups in total. The first-order valence-electron chi connectivity index (χ1n) is 11.1. The van der Waals surface area contributed by atoms with Crippen molar-refractivity contribution in [2.75, 3.05) is 30.4 Å². The van der Waals surface area contributed by atoms with Gasteiger partial charge in [-0.15, -0.1) is 0 Å². The highest BCUT2D eigenvalue weighted by molar-refractivity contribution is 5.69. The third kappa shape index (κ3) is 6.27. The molecule has 0 amide bonds. The molecule has 0 bridgehead atoms. The van der Waals surface area contributed by atoms with Crippen LogP contribution in [0.3, 0.4) is 0 Å². The van der Waals surface area contributed by atoms with Gasteiger partial charge in [-0.05, 0) is 61.6 Å². The fraction of sp³-hybridized carbons (Fsp3) is 0.739. The van der Waals surface area contributed by atoms with E-state index in [0.717, 1.165) is 51.0 Å². The highest BCUT2D eigenvalue weighted by atomic mass is 19.4. The molecule has 2 aliphatic carbocycles. The van der Waals surface area contributed by atoms with Crippen LogP contribution in [0.5, 0.6) is 0 Å². The van der Waals surface area contributed by atoms with Crippen LogP contribution in [0.2, 0.25) is 0 Å². The second-order valence-electron chi connectivity index (χ2n) is 8.95. The smallest absolute Gasteiger partial charge is 0.389 e. The molecule has 1 aromatic carbocycles. The molecule has 1 aromatic rings. The van der Waals surface area contributed by atoms with Crippen LogP contribution in [0.4, 0.5) is 24.5 Å². The van der Waals surface area contributed by atoms with Crippen LogP contribution in [0.25, 0.3) is 0 Å². The number of rotatable bonds is 9. The number of nitrogens with zero attached hydrogens (tertiary/aromatic N) is 1. The molecule has 3 atom stereocenters. The van der Waals surface area contributed by atoms with Crippen LogP contribution in [-0.4, -0.2) is 32.0 Å². The van der Waals surface area contributed by atoms with Crippen LogP contribution >= 0.6 is 0 Å². The number of nitrogen functional groups attached to an aromatic ring is 1. The van der Waals surface area contributed by atoms with Crippen molar-refractivity contribution in [2.24, 2.45) is 11.8 Å². The molecule has 0 aliphatic heterocycles. The topological polar surface area (TPSA) is 38.5 Å². The maximum absolute atomic E-state index is 12.9. The first kappa shape index (κ1) is 22.3. The van der Waals surface area contributed by atoms with E-state index in [-0.39, 0.29) is 6.04 Å². The van der Waals surface area contributed by atoms with Gasteiger partial charge in [0.25, 0.3) is 0 Å². The first-order chi connectivity index (χ1) is 13.8. The van der Waals surface area contributed by atoms with Gasteiger partial charge in [-0.25, -0.2) is 0 Å². The van der Waals surface area contributed by atoms with Crippen molar-refractivity contribution >= 4 is 11.4 Å². The SMILES string of the molecule is CCOCC1CC1c1ccc(N(CC(C)CC(F)(F)F)C2CCCCC2)c(N)c1. The lowest BCUT2D eigenvalue weighted by Gasteiger charge is -2.38. The summed E-state index contributed by atoms with van der Waals surface area (Å²) in [5.74, 6) is 0.585. The van der Waals surface area contributed by atoms with E-state index in [1.165, 1.54) is 12.0 Å². The largest absolute Gasteiger partial charge is 0.397 e. The minimum atomic E-state index is -4.13. The Morgan fingerprint density at radius 2 is 1.93 bits per heavy atom. The molecule has 2 fully saturated rings. The summed E-state index contributed by atoms with van der Waals surface area (Å²) in [5, 5.41) is 0. The molecule has 29 heavy (non-hydrogen) atoms. The average Bonchev–Trinajstić information content (AvgIpc) is 3.43. The summed E-state index contributed by atoms with van der Waals surface area (Å²) in [4.78, 5) is 2.17. The number of nitrogens with two attached hydrogens (primary N) is 1. The minimum Gasteiger partial charge on any atom is -0.397 e. The zero-order valence-corrected chi connectivity index (χ0v) is 17.7. The van der Waals surface area contributed by atoms with Gasteiger partial charge in [0.2, 0.25) is 0 Å². The molecule has 6 heteroatoms. The van der Waals surface area contributed by atoms with E-state index < -0.39 is 18.5 Å². The van der Waals surface area contributed by atoms with Crippen molar-refractivity contribution in [3.8, 4) is 0 Å². The number of alkyl halides is 3. The lowest BCUT2D eigenvalue weighted by atomic mass is 9.92. The van der Waals surface area contributed by atoms with Gasteiger partial charge in [-0.1, -0.05) is 32.3 Å². The van der Waals surface area contributed by atoms with Crippen molar-refractivity contribution in [3.05, 3.63) is 23.8 Å². The number of anilines is 2. The molecule has 2 aliphatic rings. The Morgan fingerprint density at radius 3 is 2.55 bits per heavy atom. The van der Waals surface area contributed by atoms with Crippen molar-refractivity contribution in [1.29, 1.82) is 0 Å². The normalized spacial score (nSPS) is 23.8. The summed E-state index contributed by atoms with van der Waals surface area (Å²) in [6, 6.07) is 6.47. The fourth-order valence-electron chi connectivity index (χ4n) is 4.81. The number of hydrogen-bond acceptors (Lipinski definition) is 3. The van der Waals surface area contributed by atoms with Gasteiger partial charge in [-0.3, -0.25) is 0 Å². The fourth-order valence-corrected chi connectivity index (χ4v) is 4.81. The van der Waals surface area contributed by atoms with Crippen LogP contribution in [0.15, 0.2) is 18.2 Å². The summed E-state index contributed by atoms with van der Waals surface area (Å²) >= 11 is 0. The lowest BCUT2D eigenvalue weighted by molar-refractivity contribution is -0.142. The molecule has 2 saturated carbocycles. The summed E-state index contributed by atoms with van der Waals surface area (Å²) in [7, 11) is 0. The Balaban J connectivity index is 1.74. The van der Waals surface area contributed by atoms with Gasteiger partial charge in [-0.2, -0.15) is 13.2 Å². The summed E-state index contributed by atoms with van der Waals surface area (Å²) < 4.78 is 44.2. The Bertz CT molecular complexity index is 658. The van der Waals surface area contributed by atoms with Gasteiger partial charge in [0, 0.05) is 32.2 Å². The van der Waals surface area contributed by atoms with Crippen LogP contribution in [0, 0.1) is 11.8 Å². The Morgan fingerprint density at radius 1 is 1.21 bits per heavy atom. The van der Waals surface area contributed by atoms with Gasteiger partial charge in [0.05, 0.1) is 11.4 Å². The van der Waals surface area contributed by atoms with Crippen molar-refractivity contribution in [1.82, 2.24) is 0 Å². The number of hydrogen-bond donors (Lipinski definition) is 1. The van der Waals surface area contributed by atoms with Gasteiger partial charge in [0.15, 0.2) is 0 Å². The first-order valence-corrected chi connectivity index (χ1v) is 11.1. The monoisotopic (exact) mass is 412 g/mol. The molecule has 0 saturated heterocycles. The Hall–Kier alpha value is -1.43. The third-order valence-electron chi connectivity index (χ3n) is 6.35. The highest BCUT2D eigenvalue weighted by Crippen LogP contribution is 2.48. The van der Waals surface area contributed by atoms with E-state index >= 15 is 0 Å². The molecular weight excluding hydrogens is 377 g/mol. The molecule has 164 valence electrons. The Kier molecular flexibility index (Phi) is 7.36. The van der Waals surface area contributed by atoms with E-state index in [2.05, 4.69) is 11.0 Å². The van der Waals surface area contributed by atoms with Crippen molar-refractivity contribution in [3.63, 3.8) is 0 Å². The van der Waals surface area contributed by atoms with E-state index in [0.29, 0.717) is 24.1 Å².